The van der Waals surface area contributed by atoms with Crippen molar-refractivity contribution < 1.29 is 17.9 Å². The molecule has 2 aromatic rings. The molecule has 0 radical (unpaired) electrons. The predicted molar refractivity (Wildman–Crippen MR) is 95.4 cm³/mol. The number of fused-ring (bicyclic) bond motifs is 1. The van der Waals surface area contributed by atoms with E-state index in [1.807, 2.05) is 17.5 Å². The summed E-state index contributed by atoms with van der Waals surface area (Å²) in [4.78, 5) is 13.2. The topological polar surface area (TPSA) is 75.7 Å². The predicted octanol–water partition coefficient (Wildman–Crippen LogP) is 2.48. The SMILES string of the molecule is CS(=O)(=O)N1CCOc2ccc(NC(=O)CCc3cccs3)cc21. The summed E-state index contributed by atoms with van der Waals surface area (Å²) in [5, 5.41) is 4.80. The molecule has 0 bridgehead atoms. The van der Waals surface area contributed by atoms with E-state index in [2.05, 4.69) is 5.32 Å². The maximum atomic E-state index is 12.1. The van der Waals surface area contributed by atoms with Crippen LogP contribution in [0.5, 0.6) is 5.75 Å². The number of hydrogen-bond acceptors (Lipinski definition) is 5. The van der Waals surface area contributed by atoms with Gasteiger partial charge in [-0.05, 0) is 36.1 Å². The van der Waals surface area contributed by atoms with Gasteiger partial charge in [-0.25, -0.2) is 8.42 Å². The van der Waals surface area contributed by atoms with Gasteiger partial charge in [0.15, 0.2) is 0 Å². The average molecular weight is 366 g/mol. The van der Waals surface area contributed by atoms with E-state index in [1.54, 1.807) is 29.5 Å². The summed E-state index contributed by atoms with van der Waals surface area (Å²) in [5.74, 6) is 0.397. The van der Waals surface area contributed by atoms with Crippen molar-refractivity contribution in [3.8, 4) is 5.75 Å². The van der Waals surface area contributed by atoms with E-state index >= 15 is 0 Å². The number of benzene rings is 1. The van der Waals surface area contributed by atoms with Crippen molar-refractivity contribution in [2.75, 3.05) is 29.0 Å². The van der Waals surface area contributed by atoms with E-state index in [0.29, 0.717) is 36.6 Å². The summed E-state index contributed by atoms with van der Waals surface area (Å²) in [7, 11) is -3.38. The van der Waals surface area contributed by atoms with Gasteiger partial charge in [0.1, 0.15) is 12.4 Å². The largest absolute Gasteiger partial charge is 0.489 e. The summed E-state index contributed by atoms with van der Waals surface area (Å²) >= 11 is 1.62. The number of ether oxygens (including phenoxy) is 1. The Morgan fingerprint density at radius 2 is 2.21 bits per heavy atom. The van der Waals surface area contributed by atoms with Crippen molar-refractivity contribution in [2.45, 2.75) is 12.8 Å². The highest BCUT2D eigenvalue weighted by atomic mass is 32.2. The summed E-state index contributed by atoms with van der Waals surface area (Å²) in [6.07, 6.45) is 2.23. The van der Waals surface area contributed by atoms with Gasteiger partial charge in [-0.1, -0.05) is 6.07 Å². The molecule has 3 rings (SSSR count). The maximum absolute atomic E-state index is 12.1. The fraction of sp³-hybridized carbons (Fsp3) is 0.312. The molecule has 1 aromatic heterocycles. The second-order valence-corrected chi connectivity index (χ2v) is 8.43. The number of nitrogens with one attached hydrogen (secondary N) is 1. The van der Waals surface area contributed by atoms with E-state index in [0.717, 1.165) is 11.1 Å². The highest BCUT2D eigenvalue weighted by Crippen LogP contribution is 2.35. The van der Waals surface area contributed by atoms with E-state index in [1.165, 1.54) is 4.31 Å². The van der Waals surface area contributed by atoms with Crippen LogP contribution >= 0.6 is 11.3 Å². The smallest absolute Gasteiger partial charge is 0.232 e. The zero-order chi connectivity index (χ0) is 17.2. The fourth-order valence-electron chi connectivity index (χ4n) is 2.53. The lowest BCUT2D eigenvalue weighted by Crippen LogP contribution is -2.37. The van der Waals surface area contributed by atoms with Crippen LogP contribution in [0.4, 0.5) is 11.4 Å². The molecule has 1 N–H and O–H groups in total. The molecule has 0 unspecified atom stereocenters. The summed E-state index contributed by atoms with van der Waals surface area (Å²) < 4.78 is 30.6. The Morgan fingerprint density at radius 1 is 1.38 bits per heavy atom. The molecule has 0 aliphatic carbocycles. The van der Waals surface area contributed by atoms with Crippen molar-refractivity contribution in [1.29, 1.82) is 0 Å². The highest BCUT2D eigenvalue weighted by Gasteiger charge is 2.25. The van der Waals surface area contributed by atoms with Gasteiger partial charge in [-0.15, -0.1) is 11.3 Å². The van der Waals surface area contributed by atoms with Crippen LogP contribution in [0.25, 0.3) is 0 Å². The molecule has 128 valence electrons. The molecule has 0 saturated heterocycles. The van der Waals surface area contributed by atoms with Crippen LogP contribution in [-0.2, 0) is 21.2 Å². The molecule has 0 spiro atoms. The zero-order valence-corrected chi connectivity index (χ0v) is 14.8. The number of rotatable bonds is 5. The Balaban J connectivity index is 1.72. The normalized spacial score (nSPS) is 14.0. The van der Waals surface area contributed by atoms with Crippen LogP contribution in [0.3, 0.4) is 0 Å². The first-order valence-corrected chi connectivity index (χ1v) is 10.2. The summed E-state index contributed by atoms with van der Waals surface area (Å²) in [5.41, 5.74) is 1.02. The minimum atomic E-state index is -3.38. The Morgan fingerprint density at radius 3 is 2.92 bits per heavy atom. The van der Waals surface area contributed by atoms with Crippen LogP contribution in [0.2, 0.25) is 0 Å². The fourth-order valence-corrected chi connectivity index (χ4v) is 4.15. The minimum absolute atomic E-state index is 0.106. The second-order valence-electron chi connectivity index (χ2n) is 5.49. The van der Waals surface area contributed by atoms with Crippen molar-refractivity contribution in [2.24, 2.45) is 0 Å². The van der Waals surface area contributed by atoms with Crippen LogP contribution in [-0.4, -0.2) is 33.7 Å². The molecule has 1 aliphatic rings. The highest BCUT2D eigenvalue weighted by molar-refractivity contribution is 7.92. The third-order valence-electron chi connectivity index (χ3n) is 3.64. The van der Waals surface area contributed by atoms with Crippen molar-refractivity contribution in [3.05, 3.63) is 40.6 Å². The zero-order valence-electron chi connectivity index (χ0n) is 13.2. The van der Waals surface area contributed by atoms with Gasteiger partial charge in [0.25, 0.3) is 0 Å². The Hall–Kier alpha value is -2.06. The van der Waals surface area contributed by atoms with Crippen molar-refractivity contribution in [1.82, 2.24) is 0 Å². The van der Waals surface area contributed by atoms with Gasteiger partial charge in [0.2, 0.25) is 15.9 Å². The number of sulfonamides is 1. The molecule has 8 heteroatoms. The van der Waals surface area contributed by atoms with Crippen LogP contribution in [0.1, 0.15) is 11.3 Å². The molecule has 0 fully saturated rings. The lowest BCUT2D eigenvalue weighted by molar-refractivity contribution is -0.116. The van der Waals surface area contributed by atoms with E-state index in [-0.39, 0.29) is 12.5 Å². The first-order chi connectivity index (χ1) is 11.4. The molecular formula is C16H18N2O4S2. The lowest BCUT2D eigenvalue weighted by atomic mass is 10.2. The van der Waals surface area contributed by atoms with Crippen LogP contribution in [0, 0.1) is 0 Å². The number of thiophene rings is 1. The standard InChI is InChI=1S/C16H18N2O4S2/c1-24(20,21)18-8-9-22-15-6-4-12(11-14(15)18)17-16(19)7-5-13-3-2-10-23-13/h2-4,6,10-11H,5,7-9H2,1H3,(H,17,19). The Labute approximate surface area is 145 Å². The van der Waals surface area contributed by atoms with Gasteiger partial charge in [-0.2, -0.15) is 0 Å². The number of nitrogens with zero attached hydrogens (tertiary/aromatic N) is 1. The van der Waals surface area contributed by atoms with Gasteiger partial charge >= 0.3 is 0 Å². The number of amides is 1. The third kappa shape index (κ3) is 3.88. The minimum Gasteiger partial charge on any atom is -0.489 e. The summed E-state index contributed by atoms with van der Waals surface area (Å²) in [6.45, 7) is 0.578. The summed E-state index contributed by atoms with van der Waals surface area (Å²) in [6, 6.07) is 8.99. The number of anilines is 2. The first kappa shape index (κ1) is 16.8. The van der Waals surface area contributed by atoms with Crippen molar-refractivity contribution >= 4 is 38.6 Å². The van der Waals surface area contributed by atoms with Crippen LogP contribution in [0.15, 0.2) is 35.7 Å². The molecule has 24 heavy (non-hydrogen) atoms. The molecular weight excluding hydrogens is 348 g/mol. The number of carbonyl (C=O) groups is 1. The van der Waals surface area contributed by atoms with Gasteiger partial charge in [0.05, 0.1) is 18.5 Å². The number of hydrogen-bond donors (Lipinski definition) is 1. The van der Waals surface area contributed by atoms with E-state index in [4.69, 9.17) is 4.74 Å². The number of aryl methyl sites for hydroxylation is 1. The Kier molecular flexibility index (Phi) is 4.77. The van der Waals surface area contributed by atoms with Gasteiger partial charge in [-0.3, -0.25) is 9.10 Å². The van der Waals surface area contributed by atoms with E-state index in [9.17, 15) is 13.2 Å². The monoisotopic (exact) mass is 366 g/mol. The van der Waals surface area contributed by atoms with Gasteiger partial charge in [0, 0.05) is 17.0 Å². The Bertz CT molecular complexity index is 832. The van der Waals surface area contributed by atoms with Gasteiger partial charge < -0.3 is 10.1 Å². The average Bonchev–Trinajstić information content (AvgIpc) is 3.05. The maximum Gasteiger partial charge on any atom is 0.232 e. The first-order valence-electron chi connectivity index (χ1n) is 7.50. The lowest BCUT2D eigenvalue weighted by Gasteiger charge is -2.29. The van der Waals surface area contributed by atoms with Crippen molar-refractivity contribution in [3.63, 3.8) is 0 Å². The molecule has 1 aliphatic heterocycles. The number of carbonyl (C=O) groups excluding carboxylic acids is 1. The quantitative estimate of drug-likeness (QED) is 0.882. The molecule has 0 atom stereocenters. The molecule has 2 heterocycles. The van der Waals surface area contributed by atoms with E-state index < -0.39 is 10.0 Å². The van der Waals surface area contributed by atoms with Crippen LogP contribution < -0.4 is 14.4 Å². The third-order valence-corrected chi connectivity index (χ3v) is 5.76. The molecule has 1 amide bonds. The molecule has 6 nitrogen and oxygen atoms in total. The second kappa shape index (κ2) is 6.82. The molecule has 0 saturated carbocycles. The molecule has 1 aromatic carbocycles.